The molecule has 6 nitrogen and oxygen atoms in total. The molecule has 0 amide bonds. The van der Waals surface area contributed by atoms with Gasteiger partial charge in [0.15, 0.2) is 5.03 Å². The molecule has 0 radical (unpaired) electrons. The average molecular weight is 302 g/mol. The van der Waals surface area contributed by atoms with E-state index in [1.54, 1.807) is 7.05 Å². The van der Waals surface area contributed by atoms with Gasteiger partial charge in [0.25, 0.3) is 10.0 Å². The van der Waals surface area contributed by atoms with Gasteiger partial charge in [0.2, 0.25) is 0 Å². The van der Waals surface area contributed by atoms with Crippen molar-refractivity contribution in [3.63, 3.8) is 0 Å². The molecule has 0 fully saturated rings. The quantitative estimate of drug-likeness (QED) is 0.676. The molecule has 0 saturated carbocycles. The minimum Gasteiger partial charge on any atom is -0.316 e. The second-order valence-corrected chi connectivity index (χ2v) is 7.46. The van der Waals surface area contributed by atoms with E-state index in [0.29, 0.717) is 36.4 Å². The van der Waals surface area contributed by atoms with E-state index in [9.17, 15) is 8.42 Å². The molecule has 0 spiro atoms. The van der Waals surface area contributed by atoms with Crippen LogP contribution in [0.3, 0.4) is 0 Å². The van der Waals surface area contributed by atoms with Gasteiger partial charge in [-0.05, 0) is 24.8 Å². The number of aromatic nitrogens is 2. The molecule has 0 aliphatic rings. The SMILES string of the molecule is CNCc1cn[nH]c1S(=O)(=O)NCC(C(C)C)C(C)C. The van der Waals surface area contributed by atoms with Crippen LogP contribution in [0, 0.1) is 17.8 Å². The average Bonchev–Trinajstić information content (AvgIpc) is 2.77. The molecule has 3 N–H and O–H groups in total. The lowest BCUT2D eigenvalue weighted by molar-refractivity contribution is 0.289. The summed E-state index contributed by atoms with van der Waals surface area (Å²) in [7, 11) is -1.77. The molecule has 0 unspecified atom stereocenters. The third kappa shape index (κ3) is 4.29. The first kappa shape index (κ1) is 17.1. The Kier molecular flexibility index (Phi) is 6.16. The van der Waals surface area contributed by atoms with E-state index in [0.717, 1.165) is 0 Å². The number of hydrogen-bond acceptors (Lipinski definition) is 4. The highest BCUT2D eigenvalue weighted by atomic mass is 32.2. The van der Waals surface area contributed by atoms with Gasteiger partial charge >= 0.3 is 0 Å². The van der Waals surface area contributed by atoms with Crippen LogP contribution in [0.4, 0.5) is 0 Å². The van der Waals surface area contributed by atoms with Crippen molar-refractivity contribution in [1.29, 1.82) is 0 Å². The highest BCUT2D eigenvalue weighted by Crippen LogP contribution is 2.20. The summed E-state index contributed by atoms with van der Waals surface area (Å²) in [5.41, 5.74) is 0.644. The van der Waals surface area contributed by atoms with Crippen molar-refractivity contribution < 1.29 is 8.42 Å². The minimum atomic E-state index is -3.54. The van der Waals surface area contributed by atoms with Crippen LogP contribution < -0.4 is 10.0 Å². The number of hydrogen-bond donors (Lipinski definition) is 3. The van der Waals surface area contributed by atoms with Crippen molar-refractivity contribution in [2.45, 2.75) is 39.3 Å². The first-order valence-electron chi connectivity index (χ1n) is 6.96. The minimum absolute atomic E-state index is 0.151. The molecule has 116 valence electrons. The fourth-order valence-corrected chi connectivity index (χ4v) is 3.57. The van der Waals surface area contributed by atoms with Gasteiger partial charge in [-0.1, -0.05) is 27.7 Å². The molecule has 0 aromatic carbocycles. The molecule has 0 bridgehead atoms. The van der Waals surface area contributed by atoms with Crippen molar-refractivity contribution in [1.82, 2.24) is 20.2 Å². The van der Waals surface area contributed by atoms with Crippen molar-refractivity contribution in [3.8, 4) is 0 Å². The van der Waals surface area contributed by atoms with Gasteiger partial charge in [-0.25, -0.2) is 13.1 Å². The fourth-order valence-electron chi connectivity index (χ4n) is 2.37. The van der Waals surface area contributed by atoms with Crippen LogP contribution in [0.5, 0.6) is 0 Å². The third-order valence-corrected chi connectivity index (χ3v) is 4.97. The Bertz CT molecular complexity index is 500. The highest BCUT2D eigenvalue weighted by Gasteiger charge is 2.24. The summed E-state index contributed by atoms with van der Waals surface area (Å²) in [5.74, 6) is 1.16. The maximum absolute atomic E-state index is 12.3. The van der Waals surface area contributed by atoms with E-state index < -0.39 is 10.0 Å². The van der Waals surface area contributed by atoms with Gasteiger partial charge in [-0.15, -0.1) is 0 Å². The Morgan fingerprint density at radius 2 is 1.85 bits per heavy atom. The lowest BCUT2D eigenvalue weighted by Gasteiger charge is -2.24. The van der Waals surface area contributed by atoms with Crippen LogP contribution >= 0.6 is 0 Å². The number of rotatable bonds is 8. The van der Waals surface area contributed by atoms with Gasteiger partial charge in [-0.3, -0.25) is 5.10 Å². The summed E-state index contributed by atoms with van der Waals surface area (Å²) in [6.45, 7) is 9.35. The van der Waals surface area contributed by atoms with Gasteiger partial charge in [0.1, 0.15) is 0 Å². The zero-order valence-corrected chi connectivity index (χ0v) is 13.7. The van der Waals surface area contributed by atoms with Crippen molar-refractivity contribution >= 4 is 10.0 Å². The van der Waals surface area contributed by atoms with Gasteiger partial charge < -0.3 is 5.32 Å². The summed E-state index contributed by atoms with van der Waals surface area (Å²) in [6, 6.07) is 0. The summed E-state index contributed by atoms with van der Waals surface area (Å²) < 4.78 is 27.4. The fraction of sp³-hybridized carbons (Fsp3) is 0.769. The number of H-pyrrole nitrogens is 1. The van der Waals surface area contributed by atoms with Crippen molar-refractivity contribution in [2.24, 2.45) is 17.8 Å². The maximum atomic E-state index is 12.3. The predicted octanol–water partition coefficient (Wildman–Crippen LogP) is 1.34. The Hall–Kier alpha value is -0.920. The van der Waals surface area contributed by atoms with Crippen LogP contribution in [0.1, 0.15) is 33.3 Å². The first-order chi connectivity index (χ1) is 9.29. The number of sulfonamides is 1. The van der Waals surface area contributed by atoms with E-state index in [2.05, 4.69) is 47.9 Å². The zero-order valence-electron chi connectivity index (χ0n) is 12.9. The lowest BCUT2D eigenvalue weighted by atomic mass is 9.86. The monoisotopic (exact) mass is 302 g/mol. The van der Waals surface area contributed by atoms with E-state index in [1.807, 2.05) is 0 Å². The molecule has 1 rings (SSSR count). The molecule has 1 aromatic rings. The molecule has 0 aliphatic heterocycles. The molecule has 1 aromatic heterocycles. The maximum Gasteiger partial charge on any atom is 0.257 e. The summed E-state index contributed by atoms with van der Waals surface area (Å²) in [5, 5.41) is 9.48. The number of aromatic amines is 1. The lowest BCUT2D eigenvalue weighted by Crippen LogP contribution is -2.34. The summed E-state index contributed by atoms with van der Waals surface area (Å²) >= 11 is 0. The highest BCUT2D eigenvalue weighted by molar-refractivity contribution is 7.89. The molecular formula is C13H26N4O2S. The zero-order chi connectivity index (χ0) is 15.3. The summed E-state index contributed by atoms with van der Waals surface area (Å²) in [6.07, 6.45) is 1.54. The van der Waals surface area contributed by atoms with E-state index in [4.69, 9.17) is 0 Å². The largest absolute Gasteiger partial charge is 0.316 e. The van der Waals surface area contributed by atoms with Crippen molar-refractivity contribution in [3.05, 3.63) is 11.8 Å². The Morgan fingerprint density at radius 1 is 1.25 bits per heavy atom. The first-order valence-corrected chi connectivity index (χ1v) is 8.44. The molecule has 1 heterocycles. The second-order valence-electron chi connectivity index (χ2n) is 5.76. The second kappa shape index (κ2) is 7.19. The standard InChI is InChI=1S/C13H26N4O2S/c1-9(2)12(10(3)4)8-16-20(18,19)13-11(6-14-5)7-15-17-13/h7,9-10,12,14,16H,6,8H2,1-5H3,(H,15,17). The van der Waals surface area contributed by atoms with Crippen LogP contribution in [-0.4, -0.2) is 32.2 Å². The Labute approximate surface area is 121 Å². The van der Waals surface area contributed by atoms with Crippen LogP contribution in [0.15, 0.2) is 11.2 Å². The van der Waals surface area contributed by atoms with Crippen LogP contribution in [0.2, 0.25) is 0 Å². The number of nitrogens with one attached hydrogen (secondary N) is 3. The predicted molar refractivity (Wildman–Crippen MR) is 79.7 cm³/mol. The number of nitrogens with zero attached hydrogens (tertiary/aromatic N) is 1. The molecule has 20 heavy (non-hydrogen) atoms. The third-order valence-electron chi connectivity index (χ3n) is 3.54. The Morgan fingerprint density at radius 3 is 2.35 bits per heavy atom. The van der Waals surface area contributed by atoms with E-state index in [1.165, 1.54) is 6.20 Å². The smallest absolute Gasteiger partial charge is 0.257 e. The van der Waals surface area contributed by atoms with E-state index >= 15 is 0 Å². The molecular weight excluding hydrogens is 276 g/mol. The van der Waals surface area contributed by atoms with Gasteiger partial charge in [0, 0.05) is 18.7 Å². The van der Waals surface area contributed by atoms with Gasteiger partial charge in [-0.2, -0.15) is 5.10 Å². The Balaban J connectivity index is 2.82. The molecule has 0 aliphatic carbocycles. The van der Waals surface area contributed by atoms with Crippen LogP contribution in [-0.2, 0) is 16.6 Å². The normalized spacial score (nSPS) is 12.8. The molecule has 0 saturated heterocycles. The van der Waals surface area contributed by atoms with Crippen molar-refractivity contribution in [2.75, 3.05) is 13.6 Å². The van der Waals surface area contributed by atoms with E-state index in [-0.39, 0.29) is 5.03 Å². The molecule has 7 heteroatoms. The summed E-state index contributed by atoms with van der Waals surface area (Å²) in [4.78, 5) is 0. The topological polar surface area (TPSA) is 86.9 Å². The molecule has 0 atom stereocenters. The van der Waals surface area contributed by atoms with Crippen LogP contribution in [0.25, 0.3) is 0 Å². The van der Waals surface area contributed by atoms with Gasteiger partial charge in [0.05, 0.1) is 6.20 Å².